The maximum atomic E-state index is 11.5. The molecule has 1 aromatic heterocycles. The molecule has 0 unspecified atom stereocenters. The second-order valence-electron chi connectivity index (χ2n) is 5.72. The topological polar surface area (TPSA) is 54.1 Å². The first-order chi connectivity index (χ1) is 9.85. The molecule has 0 aliphatic heterocycles. The van der Waals surface area contributed by atoms with Crippen LogP contribution in [0.2, 0.25) is 5.02 Å². The Hall–Kier alpha value is -1.94. The van der Waals surface area contributed by atoms with Crippen LogP contribution in [-0.2, 0) is 4.74 Å². The number of carbonyl (C=O) groups is 1. The minimum Gasteiger partial charge on any atom is -0.444 e. The number of hydrogen-bond donors (Lipinski definition) is 2. The Morgan fingerprint density at radius 1 is 1.43 bits per heavy atom. The van der Waals surface area contributed by atoms with Crippen LogP contribution < -0.4 is 5.32 Å². The van der Waals surface area contributed by atoms with Gasteiger partial charge in [-0.3, -0.25) is 0 Å². The third kappa shape index (κ3) is 4.53. The highest BCUT2D eigenvalue weighted by Crippen LogP contribution is 2.24. The van der Waals surface area contributed by atoms with Gasteiger partial charge in [-0.1, -0.05) is 23.8 Å². The quantitative estimate of drug-likeness (QED) is 0.885. The average molecular weight is 307 g/mol. The summed E-state index contributed by atoms with van der Waals surface area (Å²) in [5, 5.41) is 4.43. The lowest BCUT2D eigenvalue weighted by molar-refractivity contribution is 0.0534. The molecule has 21 heavy (non-hydrogen) atoms. The molecule has 0 fully saturated rings. The van der Waals surface area contributed by atoms with Crippen LogP contribution in [0.5, 0.6) is 0 Å². The Bertz CT molecular complexity index is 668. The van der Waals surface area contributed by atoms with E-state index in [9.17, 15) is 4.79 Å². The minimum atomic E-state index is -0.490. The van der Waals surface area contributed by atoms with E-state index in [1.54, 1.807) is 0 Å². The highest BCUT2D eigenvalue weighted by atomic mass is 35.5. The fraction of sp³-hybridized carbons (Fsp3) is 0.312. The van der Waals surface area contributed by atoms with Crippen molar-refractivity contribution in [3.05, 3.63) is 41.1 Å². The smallest absolute Gasteiger partial charge is 0.407 e. The molecule has 1 aromatic carbocycles. The number of carbonyl (C=O) groups excluding carboxylic acids is 1. The van der Waals surface area contributed by atoms with Gasteiger partial charge < -0.3 is 15.0 Å². The number of aromatic amines is 1. The Morgan fingerprint density at radius 3 is 2.90 bits per heavy atom. The van der Waals surface area contributed by atoms with Gasteiger partial charge in [-0.15, -0.1) is 0 Å². The van der Waals surface area contributed by atoms with Crippen molar-refractivity contribution < 1.29 is 9.53 Å². The van der Waals surface area contributed by atoms with Gasteiger partial charge in [0.1, 0.15) is 5.60 Å². The summed E-state index contributed by atoms with van der Waals surface area (Å²) in [6.07, 6.45) is 5.16. The molecule has 1 amide bonds. The third-order valence-corrected chi connectivity index (χ3v) is 3.06. The summed E-state index contributed by atoms with van der Waals surface area (Å²) in [4.78, 5) is 14.6. The number of halogens is 1. The molecule has 4 nitrogen and oxygen atoms in total. The zero-order valence-electron chi connectivity index (χ0n) is 12.4. The number of nitrogens with one attached hydrogen (secondary N) is 2. The second kappa shape index (κ2) is 6.22. The van der Waals surface area contributed by atoms with Gasteiger partial charge in [-0.2, -0.15) is 0 Å². The van der Waals surface area contributed by atoms with Gasteiger partial charge in [0.2, 0.25) is 0 Å². The molecule has 2 N–H and O–H groups in total. The first-order valence-corrected chi connectivity index (χ1v) is 7.13. The van der Waals surface area contributed by atoms with Crippen molar-refractivity contribution in [1.82, 2.24) is 10.3 Å². The summed E-state index contributed by atoms with van der Waals surface area (Å²) in [7, 11) is 0. The van der Waals surface area contributed by atoms with Crippen LogP contribution in [0.3, 0.4) is 0 Å². The van der Waals surface area contributed by atoms with E-state index in [0.29, 0.717) is 11.6 Å². The molecule has 0 saturated heterocycles. The summed E-state index contributed by atoms with van der Waals surface area (Å²) in [6, 6.07) is 5.87. The Balaban J connectivity index is 1.94. The molecular formula is C16H19ClN2O2. The van der Waals surface area contributed by atoms with E-state index in [1.165, 1.54) is 0 Å². The van der Waals surface area contributed by atoms with Crippen LogP contribution in [-0.4, -0.2) is 23.2 Å². The fourth-order valence-corrected chi connectivity index (χ4v) is 2.09. The number of aromatic nitrogens is 1. The van der Waals surface area contributed by atoms with E-state index in [4.69, 9.17) is 16.3 Å². The van der Waals surface area contributed by atoms with Crippen molar-refractivity contribution in [3.8, 4) is 0 Å². The molecule has 0 aliphatic carbocycles. The molecule has 0 aliphatic rings. The molecule has 1 heterocycles. The fourth-order valence-electron chi connectivity index (χ4n) is 1.86. The first-order valence-electron chi connectivity index (χ1n) is 6.75. The number of ether oxygens (including phenoxy) is 1. The monoisotopic (exact) mass is 306 g/mol. The summed E-state index contributed by atoms with van der Waals surface area (Å²) in [6.45, 7) is 5.87. The molecular weight excluding hydrogens is 288 g/mol. The van der Waals surface area contributed by atoms with Crippen molar-refractivity contribution in [2.24, 2.45) is 0 Å². The van der Waals surface area contributed by atoms with Crippen molar-refractivity contribution in [3.63, 3.8) is 0 Å². The van der Waals surface area contributed by atoms with Crippen LogP contribution >= 0.6 is 11.6 Å². The molecule has 0 saturated carbocycles. The third-order valence-electron chi connectivity index (χ3n) is 2.73. The van der Waals surface area contributed by atoms with Gasteiger partial charge in [-0.25, -0.2) is 4.79 Å². The highest BCUT2D eigenvalue weighted by molar-refractivity contribution is 6.32. The van der Waals surface area contributed by atoms with Crippen LogP contribution in [0, 0.1) is 0 Å². The van der Waals surface area contributed by atoms with E-state index in [1.807, 2.05) is 57.3 Å². The maximum Gasteiger partial charge on any atom is 0.407 e. The van der Waals surface area contributed by atoms with Crippen LogP contribution in [0.1, 0.15) is 26.3 Å². The highest BCUT2D eigenvalue weighted by Gasteiger charge is 2.14. The summed E-state index contributed by atoms with van der Waals surface area (Å²) in [5.41, 5.74) is 1.43. The molecule has 112 valence electrons. The Kier molecular flexibility index (Phi) is 4.58. The lowest BCUT2D eigenvalue weighted by Gasteiger charge is -2.19. The zero-order valence-corrected chi connectivity index (χ0v) is 13.1. The predicted molar refractivity (Wildman–Crippen MR) is 86.6 cm³/mol. The molecule has 0 radical (unpaired) electrons. The molecule has 5 heteroatoms. The first kappa shape index (κ1) is 15.4. The average Bonchev–Trinajstić information content (AvgIpc) is 2.79. The number of fused-ring (bicyclic) bond motifs is 1. The lowest BCUT2D eigenvalue weighted by Crippen LogP contribution is -2.32. The molecule has 2 rings (SSSR count). The largest absolute Gasteiger partial charge is 0.444 e. The molecule has 0 spiro atoms. The Morgan fingerprint density at radius 2 is 2.19 bits per heavy atom. The molecule has 0 bridgehead atoms. The van der Waals surface area contributed by atoms with Crippen molar-refractivity contribution in [2.75, 3.05) is 6.54 Å². The van der Waals surface area contributed by atoms with Gasteiger partial charge in [-0.05, 0) is 44.5 Å². The number of alkyl carbamates (subject to hydrolysis) is 1. The molecule has 2 aromatic rings. The lowest BCUT2D eigenvalue weighted by atomic mass is 10.1. The maximum absolute atomic E-state index is 11.5. The van der Waals surface area contributed by atoms with E-state index in [0.717, 1.165) is 16.5 Å². The Labute approximate surface area is 129 Å². The van der Waals surface area contributed by atoms with Crippen LogP contribution in [0.4, 0.5) is 4.79 Å². The zero-order chi connectivity index (χ0) is 15.5. The SMILES string of the molecule is CC(C)(C)OC(=O)NCC=Cc1cc2cc[nH]c2cc1Cl. The molecule has 0 atom stereocenters. The number of benzene rings is 1. The van der Waals surface area contributed by atoms with E-state index in [-0.39, 0.29) is 0 Å². The van der Waals surface area contributed by atoms with Gasteiger partial charge in [0.15, 0.2) is 0 Å². The van der Waals surface area contributed by atoms with Gasteiger partial charge in [0.25, 0.3) is 0 Å². The van der Waals surface area contributed by atoms with Gasteiger partial charge >= 0.3 is 6.09 Å². The van der Waals surface area contributed by atoms with E-state index >= 15 is 0 Å². The summed E-state index contributed by atoms with van der Waals surface area (Å²) >= 11 is 6.21. The standard InChI is InChI=1S/C16H19ClN2O2/c1-16(2,3)21-15(20)19-7-4-5-11-9-12-6-8-18-14(12)10-13(11)17/h4-6,8-10,18H,7H2,1-3H3,(H,19,20). The second-order valence-corrected chi connectivity index (χ2v) is 6.13. The summed E-state index contributed by atoms with van der Waals surface area (Å²) in [5.74, 6) is 0. The van der Waals surface area contributed by atoms with Gasteiger partial charge in [0.05, 0.1) is 0 Å². The number of H-pyrrole nitrogens is 1. The van der Waals surface area contributed by atoms with Crippen molar-refractivity contribution in [1.29, 1.82) is 0 Å². The van der Waals surface area contributed by atoms with Crippen molar-refractivity contribution in [2.45, 2.75) is 26.4 Å². The predicted octanol–water partition coefficient (Wildman–Crippen LogP) is 4.36. The normalized spacial score (nSPS) is 12.0. The number of hydrogen-bond acceptors (Lipinski definition) is 2. The van der Waals surface area contributed by atoms with E-state index in [2.05, 4.69) is 10.3 Å². The van der Waals surface area contributed by atoms with Crippen LogP contribution in [0.15, 0.2) is 30.5 Å². The summed E-state index contributed by atoms with van der Waals surface area (Å²) < 4.78 is 5.15. The van der Waals surface area contributed by atoms with Crippen LogP contribution in [0.25, 0.3) is 17.0 Å². The van der Waals surface area contributed by atoms with Crippen molar-refractivity contribution >= 4 is 34.7 Å². The van der Waals surface area contributed by atoms with Gasteiger partial charge in [0, 0.05) is 28.7 Å². The number of rotatable bonds is 3. The minimum absolute atomic E-state index is 0.385. The van der Waals surface area contributed by atoms with E-state index < -0.39 is 11.7 Å². The number of amides is 1.